The molecule has 0 heterocycles. The first-order chi connectivity index (χ1) is 7.58. The van der Waals surface area contributed by atoms with Crippen LogP contribution in [0.1, 0.15) is 18.1 Å². The Morgan fingerprint density at radius 1 is 1.62 bits per heavy atom. The Morgan fingerprint density at radius 3 is 2.88 bits per heavy atom. The second-order valence-electron chi connectivity index (χ2n) is 3.07. The number of nitrogens with zero attached hydrogens (tertiary/aromatic N) is 1. The quantitative estimate of drug-likeness (QED) is 0.649. The van der Waals surface area contributed by atoms with Gasteiger partial charge in [0.2, 0.25) is 0 Å². The van der Waals surface area contributed by atoms with Crippen molar-refractivity contribution in [1.29, 1.82) is 5.26 Å². The first-order valence-electron chi connectivity index (χ1n) is 4.65. The van der Waals surface area contributed by atoms with Gasteiger partial charge in [-0.1, -0.05) is 0 Å². The number of halogens is 1. The predicted molar refractivity (Wildman–Crippen MR) is 58.7 cm³/mol. The molecule has 0 aliphatic rings. The highest BCUT2D eigenvalue weighted by molar-refractivity contribution is 7.80. The van der Waals surface area contributed by atoms with Crippen molar-refractivity contribution < 1.29 is 13.9 Å². The van der Waals surface area contributed by atoms with E-state index < -0.39 is 11.8 Å². The number of esters is 1. The Kier molecular flexibility index (Phi) is 4.32. The third kappa shape index (κ3) is 2.97. The van der Waals surface area contributed by atoms with Gasteiger partial charge < -0.3 is 4.74 Å². The van der Waals surface area contributed by atoms with Crippen molar-refractivity contribution >= 4 is 18.6 Å². The van der Waals surface area contributed by atoms with E-state index in [4.69, 9.17) is 10.00 Å². The van der Waals surface area contributed by atoms with E-state index in [-0.39, 0.29) is 23.5 Å². The molecule has 0 aliphatic heterocycles. The van der Waals surface area contributed by atoms with E-state index in [0.717, 1.165) is 0 Å². The van der Waals surface area contributed by atoms with E-state index in [1.807, 2.05) is 6.07 Å². The molecule has 5 heteroatoms. The first kappa shape index (κ1) is 12.5. The van der Waals surface area contributed by atoms with Gasteiger partial charge in [0, 0.05) is 0 Å². The summed E-state index contributed by atoms with van der Waals surface area (Å²) < 4.78 is 18.0. The minimum Gasteiger partial charge on any atom is -0.466 e. The number of rotatable bonds is 3. The Balaban J connectivity index is 2.95. The van der Waals surface area contributed by atoms with E-state index in [2.05, 4.69) is 12.6 Å². The molecule has 0 spiro atoms. The molecule has 1 aromatic rings. The molecule has 84 valence electrons. The fraction of sp³-hybridized carbons (Fsp3) is 0.273. The normalized spacial score (nSPS) is 9.62. The van der Waals surface area contributed by atoms with Crippen LogP contribution in [0.15, 0.2) is 17.0 Å². The second kappa shape index (κ2) is 5.52. The number of hydrogen-bond acceptors (Lipinski definition) is 4. The van der Waals surface area contributed by atoms with Crippen LogP contribution in [-0.2, 0) is 16.0 Å². The highest BCUT2D eigenvalue weighted by Crippen LogP contribution is 2.20. The smallest absolute Gasteiger partial charge is 0.310 e. The molecule has 0 saturated heterocycles. The van der Waals surface area contributed by atoms with Crippen LogP contribution >= 0.6 is 12.6 Å². The monoisotopic (exact) mass is 239 g/mol. The van der Waals surface area contributed by atoms with E-state index in [1.54, 1.807) is 6.92 Å². The first-order valence-corrected chi connectivity index (χ1v) is 5.10. The molecule has 3 nitrogen and oxygen atoms in total. The van der Waals surface area contributed by atoms with Gasteiger partial charge in [0.15, 0.2) is 0 Å². The van der Waals surface area contributed by atoms with Crippen molar-refractivity contribution in [3.05, 3.63) is 29.1 Å². The molecular formula is C11H10FNO2S. The van der Waals surface area contributed by atoms with Gasteiger partial charge in [-0.25, -0.2) is 4.39 Å². The van der Waals surface area contributed by atoms with Gasteiger partial charge >= 0.3 is 5.97 Å². The van der Waals surface area contributed by atoms with Crippen LogP contribution in [0, 0.1) is 17.1 Å². The maximum atomic E-state index is 13.3. The Labute approximate surface area is 98.2 Å². The molecule has 0 fully saturated rings. The Morgan fingerprint density at radius 2 is 2.31 bits per heavy atom. The van der Waals surface area contributed by atoms with Gasteiger partial charge in [-0.05, 0) is 24.6 Å². The summed E-state index contributed by atoms with van der Waals surface area (Å²) in [4.78, 5) is 11.2. The molecule has 0 saturated carbocycles. The minimum absolute atomic E-state index is 0.00453. The summed E-state index contributed by atoms with van der Waals surface area (Å²) in [7, 11) is 0. The minimum atomic E-state index is -0.610. The number of benzene rings is 1. The summed E-state index contributed by atoms with van der Waals surface area (Å²) in [5.74, 6) is -1.06. The summed E-state index contributed by atoms with van der Waals surface area (Å²) in [5.41, 5.74) is 0.521. The zero-order valence-electron chi connectivity index (χ0n) is 8.66. The lowest BCUT2D eigenvalue weighted by Crippen LogP contribution is -2.08. The second-order valence-corrected chi connectivity index (χ2v) is 3.51. The lowest BCUT2D eigenvalue weighted by molar-refractivity contribution is -0.142. The number of ether oxygens (including phenoxy) is 1. The third-order valence-electron chi connectivity index (χ3n) is 1.90. The predicted octanol–water partition coefficient (Wildman–Crippen LogP) is 2.09. The molecule has 0 atom stereocenters. The maximum absolute atomic E-state index is 13.3. The Hall–Kier alpha value is -1.54. The molecule has 0 aromatic heterocycles. The molecule has 16 heavy (non-hydrogen) atoms. The van der Waals surface area contributed by atoms with E-state index in [1.165, 1.54) is 12.1 Å². The van der Waals surface area contributed by atoms with Crippen LogP contribution < -0.4 is 0 Å². The summed E-state index contributed by atoms with van der Waals surface area (Å²) >= 11 is 3.86. The summed E-state index contributed by atoms with van der Waals surface area (Å²) in [6.07, 6.45) is -0.0481. The molecule has 0 unspecified atom stereocenters. The largest absolute Gasteiger partial charge is 0.466 e. The molecule has 1 aromatic carbocycles. The van der Waals surface area contributed by atoms with Crippen LogP contribution in [0.5, 0.6) is 0 Å². The number of carbonyl (C=O) groups is 1. The number of nitriles is 1. The topological polar surface area (TPSA) is 50.1 Å². The van der Waals surface area contributed by atoms with Crippen molar-refractivity contribution in [1.82, 2.24) is 0 Å². The van der Waals surface area contributed by atoms with E-state index in [9.17, 15) is 9.18 Å². The molecule has 0 radical (unpaired) electrons. The fourth-order valence-corrected chi connectivity index (χ4v) is 1.40. The average molecular weight is 239 g/mol. The third-order valence-corrected chi connectivity index (χ3v) is 2.35. The van der Waals surface area contributed by atoms with Crippen LogP contribution in [0.25, 0.3) is 0 Å². The van der Waals surface area contributed by atoms with Gasteiger partial charge in [-0.15, -0.1) is 12.6 Å². The molecule has 1 rings (SSSR count). The van der Waals surface area contributed by atoms with Crippen molar-refractivity contribution in [2.75, 3.05) is 6.61 Å². The van der Waals surface area contributed by atoms with Crippen molar-refractivity contribution in [2.45, 2.75) is 18.2 Å². The standard InChI is InChI=1S/C11H10FNO2S/c1-2-15-10(14)5-7-3-8(6-13)11(16)9(12)4-7/h3-4,16H,2,5H2,1H3. The van der Waals surface area contributed by atoms with E-state index >= 15 is 0 Å². The van der Waals surface area contributed by atoms with Gasteiger partial charge in [-0.2, -0.15) is 5.26 Å². The molecule has 0 N–H and O–H groups in total. The lowest BCUT2D eigenvalue weighted by Gasteiger charge is -2.04. The number of thiol groups is 1. The van der Waals surface area contributed by atoms with Crippen molar-refractivity contribution in [3.8, 4) is 6.07 Å². The highest BCUT2D eigenvalue weighted by Gasteiger charge is 2.10. The van der Waals surface area contributed by atoms with Crippen LogP contribution in [0.2, 0.25) is 0 Å². The van der Waals surface area contributed by atoms with Crippen LogP contribution in [-0.4, -0.2) is 12.6 Å². The summed E-state index contributed by atoms with van der Waals surface area (Å²) in [6.45, 7) is 1.97. The van der Waals surface area contributed by atoms with Crippen LogP contribution in [0.4, 0.5) is 4.39 Å². The van der Waals surface area contributed by atoms with Crippen LogP contribution in [0.3, 0.4) is 0 Å². The summed E-state index contributed by atoms with van der Waals surface area (Å²) in [6, 6.07) is 4.43. The highest BCUT2D eigenvalue weighted by atomic mass is 32.1. The maximum Gasteiger partial charge on any atom is 0.310 e. The van der Waals surface area contributed by atoms with Gasteiger partial charge in [-0.3, -0.25) is 4.79 Å². The molecule has 0 amide bonds. The SMILES string of the molecule is CCOC(=O)Cc1cc(F)c(S)c(C#N)c1. The van der Waals surface area contributed by atoms with Gasteiger partial charge in [0.05, 0.1) is 23.5 Å². The van der Waals surface area contributed by atoms with Gasteiger partial charge in [0.25, 0.3) is 0 Å². The van der Waals surface area contributed by atoms with E-state index in [0.29, 0.717) is 5.56 Å². The summed E-state index contributed by atoms with van der Waals surface area (Å²) in [5, 5.41) is 8.72. The molecular weight excluding hydrogens is 229 g/mol. The van der Waals surface area contributed by atoms with Crippen molar-refractivity contribution in [3.63, 3.8) is 0 Å². The zero-order chi connectivity index (χ0) is 12.1. The molecule has 0 bridgehead atoms. The zero-order valence-corrected chi connectivity index (χ0v) is 9.55. The Bertz CT molecular complexity index is 454. The number of carbonyl (C=O) groups excluding carboxylic acids is 1. The average Bonchev–Trinajstić information content (AvgIpc) is 2.23. The lowest BCUT2D eigenvalue weighted by atomic mass is 10.1. The van der Waals surface area contributed by atoms with Gasteiger partial charge in [0.1, 0.15) is 11.9 Å². The molecule has 0 aliphatic carbocycles. The number of hydrogen-bond donors (Lipinski definition) is 1. The fourth-order valence-electron chi connectivity index (χ4n) is 1.22. The van der Waals surface area contributed by atoms with Crippen molar-refractivity contribution in [2.24, 2.45) is 0 Å².